The Hall–Kier alpha value is -1.65. The van der Waals surface area contributed by atoms with Gasteiger partial charge < -0.3 is 0 Å². The van der Waals surface area contributed by atoms with Crippen LogP contribution in [-0.4, -0.2) is 15.8 Å². The first-order valence-electron chi connectivity index (χ1n) is 7.74. The average molecular weight is 284 g/mol. The smallest absolute Gasteiger partial charge is 0.0640 e. The van der Waals surface area contributed by atoms with Gasteiger partial charge in [0.05, 0.1) is 5.69 Å². The number of hydrogen-bond donors (Lipinski definition) is 2. The number of benzene rings is 1. The van der Waals surface area contributed by atoms with Crippen molar-refractivity contribution in [2.75, 3.05) is 0 Å². The van der Waals surface area contributed by atoms with Crippen molar-refractivity contribution in [3.63, 3.8) is 0 Å². The zero-order chi connectivity index (χ0) is 14.8. The Morgan fingerprint density at radius 1 is 1.29 bits per heavy atom. The van der Waals surface area contributed by atoms with E-state index in [4.69, 9.17) is 5.84 Å². The molecule has 1 fully saturated rings. The van der Waals surface area contributed by atoms with E-state index >= 15 is 0 Å². The SMILES string of the molecule is CC(C)n1ccc(CC(NN)C2CC2c2ccccc2)n1. The van der Waals surface area contributed by atoms with Crippen LogP contribution in [0.25, 0.3) is 0 Å². The van der Waals surface area contributed by atoms with Crippen molar-refractivity contribution in [1.29, 1.82) is 0 Å². The maximum Gasteiger partial charge on any atom is 0.0640 e. The Kier molecular flexibility index (Phi) is 4.08. The molecule has 1 heterocycles. The third-order valence-corrected chi connectivity index (χ3v) is 4.42. The van der Waals surface area contributed by atoms with Gasteiger partial charge in [-0.05, 0) is 43.7 Å². The number of nitrogens with one attached hydrogen (secondary N) is 1. The van der Waals surface area contributed by atoms with Gasteiger partial charge >= 0.3 is 0 Å². The van der Waals surface area contributed by atoms with E-state index in [1.165, 1.54) is 12.0 Å². The van der Waals surface area contributed by atoms with Crippen molar-refractivity contribution < 1.29 is 0 Å². The van der Waals surface area contributed by atoms with Crippen molar-refractivity contribution in [2.24, 2.45) is 11.8 Å². The van der Waals surface area contributed by atoms with Gasteiger partial charge in [0.15, 0.2) is 0 Å². The lowest BCUT2D eigenvalue weighted by atomic mass is 10.0. The third-order valence-electron chi connectivity index (χ3n) is 4.42. The number of rotatable bonds is 6. The summed E-state index contributed by atoms with van der Waals surface area (Å²) in [7, 11) is 0. The fourth-order valence-electron chi connectivity index (χ4n) is 3.08. The molecule has 4 nitrogen and oxygen atoms in total. The molecule has 0 bridgehead atoms. The number of hydrogen-bond acceptors (Lipinski definition) is 3. The van der Waals surface area contributed by atoms with Crippen LogP contribution >= 0.6 is 0 Å². The van der Waals surface area contributed by atoms with Gasteiger partial charge in [-0.1, -0.05) is 30.3 Å². The lowest BCUT2D eigenvalue weighted by Crippen LogP contribution is -2.39. The van der Waals surface area contributed by atoms with Gasteiger partial charge in [0.25, 0.3) is 0 Å². The molecule has 4 heteroatoms. The van der Waals surface area contributed by atoms with Gasteiger partial charge in [-0.15, -0.1) is 0 Å². The van der Waals surface area contributed by atoms with Crippen molar-refractivity contribution in [3.05, 3.63) is 53.9 Å². The molecule has 0 aliphatic heterocycles. The Balaban J connectivity index is 1.64. The topological polar surface area (TPSA) is 55.9 Å². The fourth-order valence-corrected chi connectivity index (χ4v) is 3.08. The lowest BCUT2D eigenvalue weighted by molar-refractivity contribution is 0.452. The molecule has 1 saturated carbocycles. The van der Waals surface area contributed by atoms with Crippen LogP contribution in [0.2, 0.25) is 0 Å². The Morgan fingerprint density at radius 3 is 2.67 bits per heavy atom. The minimum Gasteiger partial charge on any atom is -0.271 e. The molecular weight excluding hydrogens is 260 g/mol. The molecule has 3 rings (SSSR count). The summed E-state index contributed by atoms with van der Waals surface area (Å²) in [5.74, 6) is 7.03. The number of hydrazine groups is 1. The highest BCUT2D eigenvalue weighted by Crippen LogP contribution is 2.49. The molecule has 0 amide bonds. The molecule has 3 atom stereocenters. The van der Waals surface area contributed by atoms with Crippen LogP contribution in [-0.2, 0) is 6.42 Å². The van der Waals surface area contributed by atoms with Crippen LogP contribution in [0.15, 0.2) is 42.6 Å². The quantitative estimate of drug-likeness (QED) is 0.633. The van der Waals surface area contributed by atoms with E-state index in [-0.39, 0.29) is 0 Å². The highest BCUT2D eigenvalue weighted by molar-refractivity contribution is 5.27. The summed E-state index contributed by atoms with van der Waals surface area (Å²) in [6, 6.07) is 13.5. The summed E-state index contributed by atoms with van der Waals surface area (Å²) in [5.41, 5.74) is 5.54. The van der Waals surface area contributed by atoms with Crippen LogP contribution in [0.1, 0.15) is 43.5 Å². The first-order chi connectivity index (χ1) is 10.2. The summed E-state index contributed by atoms with van der Waals surface area (Å²) in [6.45, 7) is 4.28. The van der Waals surface area contributed by atoms with E-state index in [1.807, 2.05) is 4.68 Å². The standard InChI is InChI=1S/C17H24N4/c1-12(2)21-9-8-14(20-21)10-17(19-18)16-11-15(16)13-6-4-3-5-7-13/h3-9,12,15-17,19H,10-11,18H2,1-2H3. The molecular formula is C17H24N4. The molecule has 112 valence electrons. The molecule has 21 heavy (non-hydrogen) atoms. The van der Waals surface area contributed by atoms with Crippen LogP contribution in [0.5, 0.6) is 0 Å². The van der Waals surface area contributed by atoms with Gasteiger partial charge in [0, 0.05) is 24.7 Å². The van der Waals surface area contributed by atoms with Crippen molar-refractivity contribution in [2.45, 2.75) is 44.7 Å². The molecule has 1 aromatic heterocycles. The summed E-state index contributed by atoms with van der Waals surface area (Å²) < 4.78 is 2.00. The van der Waals surface area contributed by atoms with E-state index < -0.39 is 0 Å². The van der Waals surface area contributed by atoms with Crippen LogP contribution in [0, 0.1) is 5.92 Å². The fraction of sp³-hybridized carbons (Fsp3) is 0.471. The van der Waals surface area contributed by atoms with E-state index in [9.17, 15) is 0 Å². The number of nitrogens with zero attached hydrogens (tertiary/aromatic N) is 2. The van der Waals surface area contributed by atoms with Crippen molar-refractivity contribution in [1.82, 2.24) is 15.2 Å². The van der Waals surface area contributed by atoms with Gasteiger partial charge in [-0.25, -0.2) is 0 Å². The molecule has 3 N–H and O–H groups in total. The maximum absolute atomic E-state index is 5.78. The first kappa shape index (κ1) is 14.3. The summed E-state index contributed by atoms with van der Waals surface area (Å²) >= 11 is 0. The Labute approximate surface area is 126 Å². The number of aromatic nitrogens is 2. The normalized spacial score (nSPS) is 22.5. The second kappa shape index (κ2) is 6.00. The third kappa shape index (κ3) is 3.17. The van der Waals surface area contributed by atoms with Gasteiger partial charge in [0.2, 0.25) is 0 Å². The minimum absolute atomic E-state index is 0.297. The molecule has 0 radical (unpaired) electrons. The average Bonchev–Trinajstić information content (AvgIpc) is 3.15. The maximum atomic E-state index is 5.78. The van der Waals surface area contributed by atoms with Crippen LogP contribution in [0.3, 0.4) is 0 Å². The van der Waals surface area contributed by atoms with Gasteiger partial charge in [-0.3, -0.25) is 16.0 Å². The van der Waals surface area contributed by atoms with Gasteiger partial charge in [0.1, 0.15) is 0 Å². The molecule has 0 spiro atoms. The molecule has 1 aliphatic rings. The monoisotopic (exact) mass is 284 g/mol. The molecule has 1 aliphatic carbocycles. The largest absolute Gasteiger partial charge is 0.271 e. The highest BCUT2D eigenvalue weighted by Gasteiger charge is 2.43. The zero-order valence-corrected chi connectivity index (χ0v) is 12.7. The second-order valence-electron chi connectivity index (χ2n) is 6.27. The second-order valence-corrected chi connectivity index (χ2v) is 6.27. The predicted molar refractivity (Wildman–Crippen MR) is 84.7 cm³/mol. The van der Waals surface area contributed by atoms with Crippen LogP contribution in [0.4, 0.5) is 0 Å². The van der Waals surface area contributed by atoms with E-state index in [2.05, 4.69) is 67.0 Å². The molecule has 1 aromatic carbocycles. The van der Waals surface area contributed by atoms with E-state index in [0.29, 0.717) is 23.9 Å². The summed E-state index contributed by atoms with van der Waals surface area (Å²) in [5, 5.41) is 4.63. The molecule has 2 aromatic rings. The van der Waals surface area contributed by atoms with Crippen LogP contribution < -0.4 is 11.3 Å². The van der Waals surface area contributed by atoms with Crippen molar-refractivity contribution in [3.8, 4) is 0 Å². The Morgan fingerprint density at radius 2 is 2.05 bits per heavy atom. The van der Waals surface area contributed by atoms with Gasteiger partial charge in [-0.2, -0.15) is 5.10 Å². The number of nitrogens with two attached hydrogens (primary N) is 1. The lowest BCUT2D eigenvalue weighted by Gasteiger charge is -2.15. The Bertz CT molecular complexity index is 575. The highest BCUT2D eigenvalue weighted by atomic mass is 15.3. The van der Waals surface area contributed by atoms with E-state index in [0.717, 1.165) is 12.1 Å². The molecule has 0 saturated heterocycles. The minimum atomic E-state index is 0.297. The predicted octanol–water partition coefficient (Wildman–Crippen LogP) is 2.64. The van der Waals surface area contributed by atoms with E-state index in [1.54, 1.807) is 0 Å². The summed E-state index contributed by atoms with van der Waals surface area (Å²) in [4.78, 5) is 0. The van der Waals surface area contributed by atoms with Crippen molar-refractivity contribution >= 4 is 0 Å². The first-order valence-corrected chi connectivity index (χ1v) is 7.74. The summed E-state index contributed by atoms with van der Waals surface area (Å²) in [6.07, 6.45) is 4.16. The zero-order valence-electron chi connectivity index (χ0n) is 12.7. The molecule has 3 unspecified atom stereocenters.